The van der Waals surface area contributed by atoms with Crippen molar-refractivity contribution in [3.63, 3.8) is 0 Å². The maximum Gasteiger partial charge on any atom is 0.149 e. The Hall–Kier alpha value is -0.510. The van der Waals surface area contributed by atoms with Crippen molar-refractivity contribution in [1.82, 2.24) is 14.2 Å². The van der Waals surface area contributed by atoms with E-state index in [0.717, 1.165) is 29.9 Å². The Kier molecular flexibility index (Phi) is 3.13. The van der Waals surface area contributed by atoms with Crippen LogP contribution in [0.1, 0.15) is 64.0 Å². The van der Waals surface area contributed by atoms with Gasteiger partial charge in [0.25, 0.3) is 0 Å². The van der Waals surface area contributed by atoms with Gasteiger partial charge in [0.2, 0.25) is 0 Å². The zero-order valence-electron chi connectivity index (χ0n) is 12.6. The molecule has 0 radical (unpaired) electrons. The van der Waals surface area contributed by atoms with E-state index < -0.39 is 0 Å². The summed E-state index contributed by atoms with van der Waals surface area (Å²) < 4.78 is 2.40. The number of hydrogen-bond donors (Lipinski definition) is 0. The van der Waals surface area contributed by atoms with Crippen LogP contribution in [0.2, 0.25) is 0 Å². The number of nitrogens with zero attached hydrogens (tertiary/aromatic N) is 3. The van der Waals surface area contributed by atoms with Crippen molar-refractivity contribution in [2.75, 3.05) is 5.75 Å². The average molecular weight is 291 g/mol. The third-order valence-corrected chi connectivity index (χ3v) is 6.67. The second kappa shape index (κ2) is 4.75. The van der Waals surface area contributed by atoms with E-state index in [2.05, 4.69) is 28.0 Å². The predicted octanol–water partition coefficient (Wildman–Crippen LogP) is 3.82. The first-order chi connectivity index (χ1) is 9.74. The van der Waals surface area contributed by atoms with Gasteiger partial charge < -0.3 is 0 Å². The summed E-state index contributed by atoms with van der Waals surface area (Å²) in [5.41, 5.74) is 0.372. The predicted molar refractivity (Wildman–Crippen MR) is 82.8 cm³/mol. The molecule has 0 aromatic carbocycles. The molecule has 1 aromatic rings. The van der Waals surface area contributed by atoms with Crippen molar-refractivity contribution < 1.29 is 0 Å². The van der Waals surface area contributed by atoms with Crippen LogP contribution >= 0.6 is 11.9 Å². The van der Waals surface area contributed by atoms with Gasteiger partial charge in [-0.25, -0.2) is 0 Å². The molecule has 0 aliphatic heterocycles. The second-order valence-electron chi connectivity index (χ2n) is 7.20. The van der Waals surface area contributed by atoms with Gasteiger partial charge in [0.1, 0.15) is 11.6 Å². The minimum absolute atomic E-state index is 0.372. The lowest BCUT2D eigenvalue weighted by atomic mass is 9.49. The van der Waals surface area contributed by atoms with Crippen LogP contribution < -0.4 is 0 Å². The fourth-order valence-electron chi connectivity index (χ4n) is 5.49. The molecule has 110 valence electrons. The molecule has 4 aliphatic carbocycles. The van der Waals surface area contributed by atoms with E-state index in [1.54, 1.807) is 0 Å². The standard InChI is InChI=1S/C16H25N3S/c1-3-14-17-18-15(19(14)20-4-2)16-8-11-5-12(9-16)7-13(6-11)10-16/h11-13H,3-10H2,1-2H3. The fraction of sp³-hybridized carbons (Fsp3) is 0.875. The molecule has 4 aliphatic rings. The summed E-state index contributed by atoms with van der Waals surface area (Å²) in [7, 11) is 0. The lowest BCUT2D eigenvalue weighted by Gasteiger charge is -2.56. The number of hydrogen-bond acceptors (Lipinski definition) is 3. The van der Waals surface area contributed by atoms with Crippen molar-refractivity contribution in [2.45, 2.75) is 64.2 Å². The third kappa shape index (κ3) is 1.87. The van der Waals surface area contributed by atoms with Crippen LogP contribution in [0.25, 0.3) is 0 Å². The van der Waals surface area contributed by atoms with Crippen LogP contribution in [0, 0.1) is 17.8 Å². The molecule has 0 unspecified atom stereocenters. The minimum atomic E-state index is 0.372. The van der Waals surface area contributed by atoms with Crippen LogP contribution in [-0.4, -0.2) is 19.9 Å². The fourth-order valence-corrected chi connectivity index (χ4v) is 6.42. The molecule has 1 heterocycles. The van der Waals surface area contributed by atoms with E-state index in [-0.39, 0.29) is 0 Å². The van der Waals surface area contributed by atoms with Gasteiger partial charge >= 0.3 is 0 Å². The third-order valence-electron chi connectivity index (χ3n) is 5.77. The zero-order valence-corrected chi connectivity index (χ0v) is 13.5. The molecule has 5 rings (SSSR count). The molecular formula is C16H25N3S. The Bertz CT molecular complexity index is 473. The van der Waals surface area contributed by atoms with Gasteiger partial charge in [-0.3, -0.25) is 3.97 Å². The van der Waals surface area contributed by atoms with Crippen LogP contribution in [0.15, 0.2) is 0 Å². The summed E-state index contributed by atoms with van der Waals surface area (Å²) >= 11 is 1.90. The summed E-state index contributed by atoms with van der Waals surface area (Å²) in [4.78, 5) is 0. The Morgan fingerprint density at radius 1 is 1.05 bits per heavy atom. The molecule has 1 aromatic heterocycles. The van der Waals surface area contributed by atoms with Crippen LogP contribution in [0.3, 0.4) is 0 Å². The van der Waals surface area contributed by atoms with Crippen LogP contribution in [0.5, 0.6) is 0 Å². The minimum Gasteiger partial charge on any atom is -0.255 e. The second-order valence-corrected chi connectivity index (χ2v) is 8.40. The summed E-state index contributed by atoms with van der Waals surface area (Å²) in [6.07, 6.45) is 9.62. The Balaban J connectivity index is 1.75. The monoisotopic (exact) mass is 291 g/mol. The molecule has 0 spiro atoms. The summed E-state index contributed by atoms with van der Waals surface area (Å²) in [5, 5.41) is 9.19. The number of aromatic nitrogens is 3. The first-order valence-corrected chi connectivity index (χ1v) is 9.26. The van der Waals surface area contributed by atoms with E-state index in [4.69, 9.17) is 0 Å². The molecule has 20 heavy (non-hydrogen) atoms. The van der Waals surface area contributed by atoms with Gasteiger partial charge in [-0.2, -0.15) is 0 Å². The lowest BCUT2D eigenvalue weighted by Crippen LogP contribution is -2.49. The van der Waals surface area contributed by atoms with E-state index in [0.29, 0.717) is 5.41 Å². The molecule has 0 saturated heterocycles. The van der Waals surface area contributed by atoms with Crippen molar-refractivity contribution in [3.8, 4) is 0 Å². The molecular weight excluding hydrogens is 266 g/mol. The van der Waals surface area contributed by atoms with E-state index in [1.165, 1.54) is 50.2 Å². The summed E-state index contributed by atoms with van der Waals surface area (Å²) in [5.74, 6) is 6.52. The Morgan fingerprint density at radius 2 is 1.65 bits per heavy atom. The first-order valence-electron chi connectivity index (χ1n) is 8.32. The molecule has 4 heteroatoms. The van der Waals surface area contributed by atoms with E-state index >= 15 is 0 Å². The summed E-state index contributed by atoms with van der Waals surface area (Å²) in [6, 6.07) is 0. The van der Waals surface area contributed by atoms with Gasteiger partial charge in [0, 0.05) is 17.6 Å². The van der Waals surface area contributed by atoms with E-state index in [1.807, 2.05) is 11.9 Å². The molecule has 3 nitrogen and oxygen atoms in total. The maximum absolute atomic E-state index is 4.69. The number of rotatable bonds is 4. The highest BCUT2D eigenvalue weighted by Gasteiger charge is 2.54. The summed E-state index contributed by atoms with van der Waals surface area (Å²) in [6.45, 7) is 4.42. The van der Waals surface area contributed by atoms with Gasteiger partial charge in [0.05, 0.1) is 0 Å². The highest BCUT2D eigenvalue weighted by atomic mass is 32.2. The zero-order chi connectivity index (χ0) is 13.7. The SMILES string of the molecule is CCSn1c(CC)nnc1C12CC3CC(CC(C3)C1)C2. The van der Waals surface area contributed by atoms with Gasteiger partial charge in [-0.05, 0) is 68.2 Å². The Morgan fingerprint density at radius 3 is 2.15 bits per heavy atom. The molecule has 4 saturated carbocycles. The highest BCUT2D eigenvalue weighted by Crippen LogP contribution is 2.60. The molecule has 0 atom stereocenters. The van der Waals surface area contributed by atoms with Gasteiger partial charge in [-0.1, -0.05) is 13.8 Å². The van der Waals surface area contributed by atoms with E-state index in [9.17, 15) is 0 Å². The highest BCUT2D eigenvalue weighted by molar-refractivity contribution is 7.97. The van der Waals surface area contributed by atoms with Crippen LogP contribution in [-0.2, 0) is 11.8 Å². The average Bonchev–Trinajstić information content (AvgIpc) is 2.81. The lowest BCUT2D eigenvalue weighted by molar-refractivity contribution is -0.00968. The topological polar surface area (TPSA) is 30.7 Å². The van der Waals surface area contributed by atoms with Crippen molar-refractivity contribution in [2.24, 2.45) is 17.8 Å². The van der Waals surface area contributed by atoms with Crippen LogP contribution in [0.4, 0.5) is 0 Å². The molecule has 4 fully saturated rings. The molecule has 0 N–H and O–H groups in total. The van der Waals surface area contributed by atoms with Crippen molar-refractivity contribution in [1.29, 1.82) is 0 Å². The van der Waals surface area contributed by atoms with Crippen molar-refractivity contribution >= 4 is 11.9 Å². The number of aryl methyl sites for hydroxylation is 1. The van der Waals surface area contributed by atoms with Crippen molar-refractivity contribution in [3.05, 3.63) is 11.6 Å². The molecule has 4 bridgehead atoms. The Labute approximate surface area is 126 Å². The van der Waals surface area contributed by atoms with Gasteiger partial charge in [0.15, 0.2) is 0 Å². The first kappa shape index (κ1) is 13.2. The smallest absolute Gasteiger partial charge is 0.149 e. The largest absolute Gasteiger partial charge is 0.255 e. The molecule has 0 amide bonds. The van der Waals surface area contributed by atoms with Gasteiger partial charge in [-0.15, -0.1) is 10.2 Å². The quantitative estimate of drug-likeness (QED) is 0.845. The maximum atomic E-state index is 4.69. The normalized spacial score (nSPS) is 38.6.